The van der Waals surface area contributed by atoms with Gasteiger partial charge in [-0.3, -0.25) is 4.79 Å². The van der Waals surface area contributed by atoms with Crippen molar-refractivity contribution < 1.29 is 4.79 Å². The molecule has 0 aliphatic carbocycles. The van der Waals surface area contributed by atoms with E-state index in [4.69, 9.17) is 5.73 Å². The van der Waals surface area contributed by atoms with Crippen LogP contribution in [0.4, 0.5) is 11.4 Å². The van der Waals surface area contributed by atoms with E-state index in [2.05, 4.69) is 15.3 Å². The summed E-state index contributed by atoms with van der Waals surface area (Å²) in [6, 6.07) is 14.3. The van der Waals surface area contributed by atoms with Crippen LogP contribution in [0.2, 0.25) is 0 Å². The number of aromatic amines is 1. The maximum absolute atomic E-state index is 12.1. The molecule has 0 unspecified atom stereocenters. The van der Waals surface area contributed by atoms with E-state index in [1.807, 2.05) is 24.3 Å². The molecule has 0 aliphatic rings. The van der Waals surface area contributed by atoms with Gasteiger partial charge < -0.3 is 16.0 Å². The van der Waals surface area contributed by atoms with E-state index in [0.29, 0.717) is 11.3 Å². The summed E-state index contributed by atoms with van der Waals surface area (Å²) in [6.07, 6.45) is 3.47. The van der Waals surface area contributed by atoms with E-state index in [1.54, 1.807) is 36.7 Å². The van der Waals surface area contributed by atoms with Gasteiger partial charge in [-0.05, 0) is 42.5 Å². The Morgan fingerprint density at radius 1 is 1.14 bits per heavy atom. The summed E-state index contributed by atoms with van der Waals surface area (Å²) < 4.78 is 0. The molecule has 3 aromatic rings. The van der Waals surface area contributed by atoms with Crippen molar-refractivity contribution in [1.29, 1.82) is 0 Å². The van der Waals surface area contributed by atoms with Crippen LogP contribution in [0.1, 0.15) is 10.4 Å². The highest BCUT2D eigenvalue weighted by Crippen LogP contribution is 2.18. The maximum atomic E-state index is 12.1. The fraction of sp³-hybridized carbons (Fsp3) is 0. The standard InChI is InChI=1S/C16H14N4O/c17-13-3-1-2-12(10-13)16(21)20-14-6-4-11(5-7-14)15-18-8-9-19-15/h1-10H,17H2,(H,18,19)(H,20,21). The van der Waals surface area contributed by atoms with Gasteiger partial charge in [0.15, 0.2) is 0 Å². The van der Waals surface area contributed by atoms with Crippen molar-refractivity contribution in [3.63, 3.8) is 0 Å². The molecular weight excluding hydrogens is 264 g/mol. The average Bonchev–Trinajstić information content (AvgIpc) is 3.02. The summed E-state index contributed by atoms with van der Waals surface area (Å²) in [5.74, 6) is 0.608. The Kier molecular flexibility index (Phi) is 3.39. The maximum Gasteiger partial charge on any atom is 0.255 e. The molecule has 3 rings (SSSR count). The first-order chi connectivity index (χ1) is 10.2. The number of hydrogen-bond donors (Lipinski definition) is 3. The highest BCUT2D eigenvalue weighted by molar-refractivity contribution is 6.04. The van der Waals surface area contributed by atoms with Crippen LogP contribution in [0.25, 0.3) is 11.4 Å². The number of anilines is 2. The normalized spacial score (nSPS) is 10.3. The third kappa shape index (κ3) is 2.92. The van der Waals surface area contributed by atoms with E-state index in [9.17, 15) is 4.79 Å². The predicted octanol–water partition coefficient (Wildman–Crippen LogP) is 2.91. The van der Waals surface area contributed by atoms with Crippen LogP contribution in [0.5, 0.6) is 0 Å². The van der Waals surface area contributed by atoms with Crippen LogP contribution >= 0.6 is 0 Å². The second-order valence-electron chi connectivity index (χ2n) is 4.59. The first-order valence-corrected chi connectivity index (χ1v) is 6.49. The monoisotopic (exact) mass is 278 g/mol. The molecule has 21 heavy (non-hydrogen) atoms. The van der Waals surface area contributed by atoms with Crippen molar-refractivity contribution in [2.45, 2.75) is 0 Å². The number of H-pyrrole nitrogens is 1. The van der Waals surface area contributed by atoms with Gasteiger partial charge in [-0.1, -0.05) is 6.07 Å². The van der Waals surface area contributed by atoms with Gasteiger partial charge in [-0.15, -0.1) is 0 Å². The van der Waals surface area contributed by atoms with Gasteiger partial charge >= 0.3 is 0 Å². The van der Waals surface area contributed by atoms with Gasteiger partial charge in [0.05, 0.1) is 0 Å². The molecule has 0 bridgehead atoms. The molecule has 1 heterocycles. The number of amides is 1. The van der Waals surface area contributed by atoms with Crippen LogP contribution in [0.3, 0.4) is 0 Å². The molecule has 0 spiro atoms. The lowest BCUT2D eigenvalue weighted by Gasteiger charge is -2.06. The summed E-state index contributed by atoms with van der Waals surface area (Å²) in [5, 5.41) is 2.83. The number of nitrogens with one attached hydrogen (secondary N) is 2. The van der Waals surface area contributed by atoms with Gasteiger partial charge in [0.2, 0.25) is 0 Å². The molecule has 0 saturated heterocycles. The van der Waals surface area contributed by atoms with Gasteiger partial charge in [0, 0.05) is 34.9 Å². The van der Waals surface area contributed by atoms with Crippen molar-refractivity contribution in [3.05, 3.63) is 66.5 Å². The SMILES string of the molecule is Nc1cccc(C(=O)Nc2ccc(-c3ncc[nH]3)cc2)c1. The van der Waals surface area contributed by atoms with Crippen molar-refractivity contribution in [2.75, 3.05) is 11.1 Å². The topological polar surface area (TPSA) is 83.8 Å². The second kappa shape index (κ2) is 5.50. The number of aromatic nitrogens is 2. The Labute approximate surface area is 121 Å². The average molecular weight is 278 g/mol. The Bertz CT molecular complexity index is 748. The minimum absolute atomic E-state index is 0.187. The van der Waals surface area contributed by atoms with Gasteiger partial charge in [0.1, 0.15) is 5.82 Å². The number of rotatable bonds is 3. The number of carbonyl (C=O) groups is 1. The molecular formula is C16H14N4O. The van der Waals surface area contributed by atoms with Gasteiger partial charge in [-0.2, -0.15) is 0 Å². The summed E-state index contributed by atoms with van der Waals surface area (Å²) in [7, 11) is 0. The van der Waals surface area contributed by atoms with Gasteiger partial charge in [0.25, 0.3) is 5.91 Å². The van der Waals surface area contributed by atoms with E-state index >= 15 is 0 Å². The predicted molar refractivity (Wildman–Crippen MR) is 82.8 cm³/mol. The first-order valence-electron chi connectivity index (χ1n) is 6.49. The molecule has 0 aliphatic heterocycles. The van der Waals surface area contributed by atoms with E-state index < -0.39 is 0 Å². The number of nitrogens with two attached hydrogens (primary N) is 1. The number of benzene rings is 2. The molecule has 5 heteroatoms. The summed E-state index contributed by atoms with van der Waals surface area (Å²) in [4.78, 5) is 19.3. The zero-order valence-electron chi connectivity index (χ0n) is 11.2. The molecule has 4 N–H and O–H groups in total. The molecule has 2 aromatic carbocycles. The smallest absolute Gasteiger partial charge is 0.255 e. The third-order valence-corrected chi connectivity index (χ3v) is 3.06. The molecule has 1 amide bonds. The Hall–Kier alpha value is -3.08. The number of hydrogen-bond acceptors (Lipinski definition) is 3. The Morgan fingerprint density at radius 2 is 1.95 bits per heavy atom. The molecule has 0 fully saturated rings. The van der Waals surface area contributed by atoms with Crippen molar-refractivity contribution in [1.82, 2.24) is 9.97 Å². The quantitative estimate of drug-likeness (QED) is 0.644. The van der Waals surface area contributed by atoms with Crippen LogP contribution in [-0.4, -0.2) is 15.9 Å². The number of nitrogens with zero attached hydrogens (tertiary/aromatic N) is 1. The largest absolute Gasteiger partial charge is 0.399 e. The summed E-state index contributed by atoms with van der Waals surface area (Å²) >= 11 is 0. The van der Waals surface area contributed by atoms with Crippen molar-refractivity contribution in [3.8, 4) is 11.4 Å². The van der Waals surface area contributed by atoms with Crippen LogP contribution in [0, 0.1) is 0 Å². The van der Waals surface area contributed by atoms with Crippen LogP contribution in [0.15, 0.2) is 60.9 Å². The molecule has 1 aromatic heterocycles. The van der Waals surface area contributed by atoms with E-state index in [-0.39, 0.29) is 5.91 Å². The molecule has 0 radical (unpaired) electrons. The lowest BCUT2D eigenvalue weighted by molar-refractivity contribution is 0.102. The Balaban J connectivity index is 1.75. The van der Waals surface area contributed by atoms with E-state index in [1.165, 1.54) is 0 Å². The lowest BCUT2D eigenvalue weighted by Crippen LogP contribution is -2.11. The highest BCUT2D eigenvalue weighted by atomic mass is 16.1. The van der Waals surface area contributed by atoms with Crippen molar-refractivity contribution in [2.24, 2.45) is 0 Å². The summed E-state index contributed by atoms with van der Waals surface area (Å²) in [5.41, 5.74) is 8.45. The summed E-state index contributed by atoms with van der Waals surface area (Å²) in [6.45, 7) is 0. The number of nitrogen functional groups attached to an aromatic ring is 1. The first kappa shape index (κ1) is 12.9. The van der Waals surface area contributed by atoms with Crippen molar-refractivity contribution >= 4 is 17.3 Å². The highest BCUT2D eigenvalue weighted by Gasteiger charge is 2.06. The number of imidazole rings is 1. The molecule has 0 atom stereocenters. The fourth-order valence-electron chi connectivity index (χ4n) is 2.02. The molecule has 5 nitrogen and oxygen atoms in total. The van der Waals surface area contributed by atoms with Crippen LogP contribution < -0.4 is 11.1 Å². The second-order valence-corrected chi connectivity index (χ2v) is 4.59. The molecule has 0 saturated carbocycles. The number of carbonyl (C=O) groups excluding carboxylic acids is 1. The van der Waals surface area contributed by atoms with Gasteiger partial charge in [-0.25, -0.2) is 4.98 Å². The molecule has 104 valence electrons. The van der Waals surface area contributed by atoms with E-state index in [0.717, 1.165) is 17.1 Å². The lowest BCUT2D eigenvalue weighted by atomic mass is 10.1. The third-order valence-electron chi connectivity index (χ3n) is 3.06. The minimum Gasteiger partial charge on any atom is -0.399 e. The van der Waals surface area contributed by atoms with Crippen LogP contribution in [-0.2, 0) is 0 Å². The fourth-order valence-corrected chi connectivity index (χ4v) is 2.02. The zero-order valence-corrected chi connectivity index (χ0v) is 11.2. The minimum atomic E-state index is -0.187. The zero-order chi connectivity index (χ0) is 14.7. The Morgan fingerprint density at radius 3 is 2.62 bits per heavy atom.